The van der Waals surface area contributed by atoms with Gasteiger partial charge in [0.1, 0.15) is 17.9 Å². The lowest BCUT2D eigenvalue weighted by Gasteiger charge is -2.44. The molecule has 1 saturated heterocycles. The Morgan fingerprint density at radius 3 is 2.04 bits per heavy atom. The number of urea groups is 1. The zero-order valence-electron chi connectivity index (χ0n) is 26.8. The Balaban J connectivity index is 1.29. The Morgan fingerprint density at radius 2 is 1.41 bits per heavy atom. The number of hydrogen-bond acceptors (Lipinski definition) is 5. The van der Waals surface area contributed by atoms with E-state index < -0.39 is 17.8 Å². The number of imide groups is 2. The Morgan fingerprint density at radius 1 is 0.796 bits per heavy atom. The standard InChI is InChI=1S/C42H33N3O4/c1-2-23-49-38-18-17-29-15-9-10-16-31(29)34(38)26-37-40(46)43-42(48)45(41(37)47)30-24-35-32(27-11-5-3-6-12-27)19-21-44-22-20-33(36(25-30)39(35)44)28-13-7-4-8-14-28/h1,3-18,24-26,32-33H,19-23H2,(H,43,46,48)/b37-26+/t32-,33-/m1/s1. The van der Waals surface area contributed by atoms with Crippen LogP contribution in [0.5, 0.6) is 5.75 Å². The van der Waals surface area contributed by atoms with E-state index in [1.54, 1.807) is 6.07 Å². The predicted molar refractivity (Wildman–Crippen MR) is 192 cm³/mol. The van der Waals surface area contributed by atoms with Crippen LogP contribution in [-0.4, -0.2) is 37.5 Å². The van der Waals surface area contributed by atoms with E-state index in [2.05, 4.69) is 40.4 Å². The molecule has 49 heavy (non-hydrogen) atoms. The molecule has 7 heteroatoms. The zero-order chi connectivity index (χ0) is 33.5. The van der Waals surface area contributed by atoms with Gasteiger partial charge in [0.15, 0.2) is 0 Å². The van der Waals surface area contributed by atoms with Gasteiger partial charge in [-0.15, -0.1) is 6.42 Å². The highest BCUT2D eigenvalue weighted by atomic mass is 16.5. The summed E-state index contributed by atoms with van der Waals surface area (Å²) in [6.45, 7) is 1.85. The first kappa shape index (κ1) is 30.2. The summed E-state index contributed by atoms with van der Waals surface area (Å²) in [4.78, 5) is 45.1. The lowest BCUT2D eigenvalue weighted by Crippen LogP contribution is -2.54. The molecule has 0 aliphatic carbocycles. The van der Waals surface area contributed by atoms with Crippen molar-refractivity contribution in [2.75, 3.05) is 29.5 Å². The van der Waals surface area contributed by atoms with E-state index in [9.17, 15) is 14.4 Å². The Kier molecular flexibility index (Phi) is 7.69. The molecule has 0 radical (unpaired) electrons. The third kappa shape index (κ3) is 5.32. The van der Waals surface area contributed by atoms with Crippen LogP contribution < -0.4 is 19.9 Å². The fourth-order valence-electron chi connectivity index (χ4n) is 7.67. The first-order valence-electron chi connectivity index (χ1n) is 16.5. The van der Waals surface area contributed by atoms with Gasteiger partial charge in [0.05, 0.1) is 5.69 Å². The molecule has 5 aromatic carbocycles. The smallest absolute Gasteiger partial charge is 0.335 e. The molecule has 0 spiro atoms. The number of nitrogens with zero attached hydrogens (tertiary/aromatic N) is 2. The van der Waals surface area contributed by atoms with E-state index in [-0.39, 0.29) is 24.0 Å². The minimum atomic E-state index is -0.781. The normalized spacial score (nSPS) is 19.4. The van der Waals surface area contributed by atoms with Crippen molar-refractivity contribution >= 4 is 46.1 Å². The average Bonchev–Trinajstić information content (AvgIpc) is 3.13. The highest BCUT2D eigenvalue weighted by Crippen LogP contribution is 2.50. The van der Waals surface area contributed by atoms with Gasteiger partial charge in [0.25, 0.3) is 11.8 Å². The maximum atomic E-state index is 14.5. The second-order valence-corrected chi connectivity index (χ2v) is 12.6. The van der Waals surface area contributed by atoms with Crippen molar-refractivity contribution in [2.24, 2.45) is 0 Å². The number of carbonyl (C=O) groups is 3. The molecule has 0 saturated carbocycles. The maximum absolute atomic E-state index is 14.5. The second-order valence-electron chi connectivity index (χ2n) is 12.6. The number of ether oxygens (including phenoxy) is 1. The van der Waals surface area contributed by atoms with Crippen molar-refractivity contribution in [3.63, 3.8) is 0 Å². The third-order valence-electron chi connectivity index (χ3n) is 9.89. The van der Waals surface area contributed by atoms with Crippen LogP contribution in [0.25, 0.3) is 16.8 Å². The molecular weight excluding hydrogens is 610 g/mol. The van der Waals surface area contributed by atoms with Crippen LogP contribution in [0.1, 0.15) is 52.5 Å². The average molecular weight is 644 g/mol. The topological polar surface area (TPSA) is 79.0 Å². The number of benzene rings is 5. The van der Waals surface area contributed by atoms with Crippen LogP contribution in [-0.2, 0) is 9.59 Å². The number of anilines is 2. The van der Waals surface area contributed by atoms with Crippen LogP contribution in [0.4, 0.5) is 16.2 Å². The van der Waals surface area contributed by atoms with Crippen LogP contribution in [0.3, 0.4) is 0 Å². The van der Waals surface area contributed by atoms with Crippen molar-refractivity contribution < 1.29 is 19.1 Å². The number of terminal acetylenes is 1. The van der Waals surface area contributed by atoms with Crippen LogP contribution in [0.15, 0.2) is 115 Å². The highest BCUT2D eigenvalue weighted by molar-refractivity contribution is 6.39. The van der Waals surface area contributed by atoms with Gasteiger partial charge < -0.3 is 9.64 Å². The van der Waals surface area contributed by atoms with Crippen molar-refractivity contribution in [1.82, 2.24) is 5.32 Å². The molecule has 240 valence electrons. The number of amides is 4. The van der Waals surface area contributed by atoms with E-state index >= 15 is 0 Å². The summed E-state index contributed by atoms with van der Waals surface area (Å²) in [6.07, 6.45) is 8.80. The summed E-state index contributed by atoms with van der Waals surface area (Å²) in [7, 11) is 0. The number of carbonyl (C=O) groups excluding carboxylic acids is 3. The van der Waals surface area contributed by atoms with Gasteiger partial charge in [-0.25, -0.2) is 9.69 Å². The summed E-state index contributed by atoms with van der Waals surface area (Å²) in [6, 6.07) is 35.2. The van der Waals surface area contributed by atoms with Crippen molar-refractivity contribution in [3.05, 3.63) is 143 Å². The van der Waals surface area contributed by atoms with Gasteiger partial charge in [-0.3, -0.25) is 14.9 Å². The Hall–Kier alpha value is -6.13. The van der Waals surface area contributed by atoms with Gasteiger partial charge in [0.2, 0.25) is 0 Å². The fourth-order valence-corrected chi connectivity index (χ4v) is 7.67. The number of fused-ring (bicyclic) bond motifs is 1. The van der Waals surface area contributed by atoms with Gasteiger partial charge in [-0.1, -0.05) is 96.9 Å². The number of barbiturate groups is 1. The second kappa shape index (κ2) is 12.5. The van der Waals surface area contributed by atoms with Crippen LogP contribution in [0, 0.1) is 12.3 Å². The molecule has 0 bridgehead atoms. The molecule has 1 fully saturated rings. The molecule has 7 nitrogen and oxygen atoms in total. The molecule has 2 atom stereocenters. The Bertz CT molecular complexity index is 2130. The van der Waals surface area contributed by atoms with Gasteiger partial charge in [-0.05, 0) is 70.1 Å². The third-order valence-corrected chi connectivity index (χ3v) is 9.89. The van der Waals surface area contributed by atoms with Crippen LogP contribution in [0.2, 0.25) is 0 Å². The first-order valence-corrected chi connectivity index (χ1v) is 16.5. The fraction of sp³-hybridized carbons (Fsp3) is 0.167. The van der Waals surface area contributed by atoms with E-state index in [0.29, 0.717) is 17.0 Å². The highest BCUT2D eigenvalue weighted by Gasteiger charge is 2.40. The molecule has 0 unspecified atom stereocenters. The molecule has 0 aromatic heterocycles. The van der Waals surface area contributed by atoms with E-state index in [1.165, 1.54) is 22.9 Å². The summed E-state index contributed by atoms with van der Waals surface area (Å²) in [5.74, 6) is 1.59. The summed E-state index contributed by atoms with van der Waals surface area (Å²) in [5, 5.41) is 4.12. The van der Waals surface area contributed by atoms with Crippen molar-refractivity contribution in [3.8, 4) is 18.1 Å². The number of rotatable bonds is 6. The minimum Gasteiger partial charge on any atom is -0.480 e. The maximum Gasteiger partial charge on any atom is 0.335 e. The van der Waals surface area contributed by atoms with Crippen LogP contribution >= 0.6 is 0 Å². The molecule has 1 N–H and O–H groups in total. The Labute approximate surface area is 284 Å². The van der Waals surface area contributed by atoms with Crippen molar-refractivity contribution in [1.29, 1.82) is 0 Å². The van der Waals surface area contributed by atoms with E-state index in [0.717, 1.165) is 52.7 Å². The predicted octanol–water partition coefficient (Wildman–Crippen LogP) is 7.40. The largest absolute Gasteiger partial charge is 0.480 e. The summed E-state index contributed by atoms with van der Waals surface area (Å²) >= 11 is 0. The minimum absolute atomic E-state index is 0.0132. The molecule has 3 aliphatic rings. The van der Waals surface area contributed by atoms with E-state index in [4.69, 9.17) is 11.2 Å². The molecule has 3 aliphatic heterocycles. The monoisotopic (exact) mass is 643 g/mol. The quantitative estimate of drug-likeness (QED) is 0.119. The summed E-state index contributed by atoms with van der Waals surface area (Å²) in [5.41, 5.74) is 6.49. The first-order chi connectivity index (χ1) is 24.0. The van der Waals surface area contributed by atoms with Gasteiger partial charge >= 0.3 is 6.03 Å². The van der Waals surface area contributed by atoms with E-state index in [1.807, 2.05) is 78.9 Å². The summed E-state index contributed by atoms with van der Waals surface area (Å²) < 4.78 is 5.85. The lowest BCUT2D eigenvalue weighted by molar-refractivity contribution is -0.122. The molecule has 5 aromatic rings. The number of nitrogens with one attached hydrogen (secondary N) is 1. The van der Waals surface area contributed by atoms with Gasteiger partial charge in [0, 0.05) is 36.2 Å². The van der Waals surface area contributed by atoms with Gasteiger partial charge in [-0.2, -0.15) is 0 Å². The lowest BCUT2D eigenvalue weighted by atomic mass is 9.76. The molecule has 4 amide bonds. The zero-order valence-corrected chi connectivity index (χ0v) is 26.8. The number of hydrogen-bond donors (Lipinski definition) is 1. The molecular formula is C42H33N3O4. The molecule has 3 heterocycles. The van der Waals surface area contributed by atoms with Crippen molar-refractivity contribution in [2.45, 2.75) is 24.7 Å². The molecule has 8 rings (SSSR count). The SMILES string of the molecule is C#CCOc1ccc2ccccc2c1/C=C1\C(=O)NC(=O)N(c2cc3c4c(c2)[C@@H](c2ccccc2)CCN4CC[C@@H]3c2ccccc2)C1=O.